The Morgan fingerprint density at radius 3 is 2.92 bits per heavy atom. The van der Waals surface area contributed by atoms with Gasteiger partial charge < -0.3 is 16.5 Å². The van der Waals surface area contributed by atoms with Gasteiger partial charge in [-0.15, -0.1) is 0 Å². The molecule has 1 aromatic heterocycles. The van der Waals surface area contributed by atoms with E-state index in [0.29, 0.717) is 0 Å². The van der Waals surface area contributed by atoms with Gasteiger partial charge in [0.05, 0.1) is 6.33 Å². The fraction of sp³-hybridized carbons (Fsp3) is 0. The highest BCUT2D eigenvalue weighted by atomic mass is 16.2. The van der Waals surface area contributed by atoms with Crippen LogP contribution in [0.1, 0.15) is 0 Å². The van der Waals surface area contributed by atoms with Crippen LogP contribution >= 0.6 is 0 Å². The smallest absolute Gasteiger partial charge is 0.330 e. The van der Waals surface area contributed by atoms with Gasteiger partial charge in [-0.1, -0.05) is 0 Å². The van der Waals surface area contributed by atoms with Crippen LogP contribution in [0.2, 0.25) is 0 Å². The molecule has 0 aliphatic rings. The molecule has 13 heavy (non-hydrogen) atoms. The summed E-state index contributed by atoms with van der Waals surface area (Å²) in [6, 6.07) is -0.804. The molecular weight excluding hydrogens is 176 g/mol. The van der Waals surface area contributed by atoms with Crippen LogP contribution in [0.15, 0.2) is 11.1 Å². The Balaban J connectivity index is 2.83. The molecule has 0 saturated carbocycles. The summed E-state index contributed by atoms with van der Waals surface area (Å²) < 4.78 is 0. The Labute approximate surface area is 72.3 Å². The number of hydrazine groups is 1. The van der Waals surface area contributed by atoms with Crippen LogP contribution in [0, 0.1) is 0 Å². The number of nitrogens with two attached hydrogens (primary N) is 2. The van der Waals surface area contributed by atoms with Crippen molar-refractivity contribution >= 4 is 17.5 Å². The van der Waals surface area contributed by atoms with Gasteiger partial charge in [-0.2, -0.15) is 0 Å². The molecule has 1 rings (SSSR count). The van der Waals surface area contributed by atoms with Crippen molar-refractivity contribution in [2.24, 2.45) is 5.73 Å². The number of aromatic nitrogens is 2. The number of urea groups is 1. The second-order valence-corrected chi connectivity index (χ2v) is 2.11. The maximum absolute atomic E-state index is 10.9. The number of anilines is 2. The van der Waals surface area contributed by atoms with Gasteiger partial charge in [0.25, 0.3) is 5.56 Å². The molecule has 0 aromatic carbocycles. The maximum atomic E-state index is 10.9. The topological polar surface area (TPSA) is 139 Å². The third-order valence-corrected chi connectivity index (χ3v) is 1.19. The first-order valence-electron chi connectivity index (χ1n) is 3.26. The van der Waals surface area contributed by atoms with E-state index in [2.05, 4.69) is 15.4 Å². The van der Waals surface area contributed by atoms with Gasteiger partial charge in [0, 0.05) is 0 Å². The van der Waals surface area contributed by atoms with Crippen LogP contribution in [0.4, 0.5) is 16.3 Å². The molecule has 0 bridgehead atoms. The third-order valence-electron chi connectivity index (χ3n) is 1.19. The Kier molecular flexibility index (Phi) is 2.33. The van der Waals surface area contributed by atoms with E-state index < -0.39 is 11.6 Å². The molecule has 0 fully saturated rings. The van der Waals surface area contributed by atoms with Gasteiger partial charge in [-0.05, 0) is 0 Å². The zero-order valence-corrected chi connectivity index (χ0v) is 6.50. The van der Waals surface area contributed by atoms with Crippen LogP contribution in [-0.2, 0) is 0 Å². The van der Waals surface area contributed by atoms with Gasteiger partial charge >= 0.3 is 6.03 Å². The first-order valence-corrected chi connectivity index (χ1v) is 3.26. The predicted octanol–water partition coefficient (Wildman–Crippen LogP) is -1.65. The van der Waals surface area contributed by atoms with Gasteiger partial charge in [-0.25, -0.2) is 9.78 Å². The van der Waals surface area contributed by atoms with Gasteiger partial charge in [0.2, 0.25) is 0 Å². The van der Waals surface area contributed by atoms with Crippen LogP contribution in [0.25, 0.3) is 0 Å². The standard InChI is InChI=1S/C5H8N6O2/c6-2-3(10-11-5(7)13)8-1-9-4(2)12/h1H,6H2,(H3,7,11,13)(H2,8,9,10,12). The summed E-state index contributed by atoms with van der Waals surface area (Å²) >= 11 is 0. The largest absolute Gasteiger partial charge is 0.391 e. The summed E-state index contributed by atoms with van der Waals surface area (Å²) in [4.78, 5) is 27.0. The van der Waals surface area contributed by atoms with E-state index >= 15 is 0 Å². The Morgan fingerprint density at radius 2 is 2.31 bits per heavy atom. The number of nitrogens with zero attached hydrogens (tertiary/aromatic N) is 1. The van der Waals surface area contributed by atoms with E-state index in [0.717, 1.165) is 6.33 Å². The number of carbonyl (C=O) groups is 1. The number of rotatable bonds is 2. The van der Waals surface area contributed by atoms with Crippen LogP contribution in [0.5, 0.6) is 0 Å². The Bertz CT molecular complexity index is 372. The molecule has 0 aliphatic heterocycles. The number of primary amides is 1. The molecule has 8 heteroatoms. The molecule has 0 unspecified atom stereocenters. The fourth-order valence-corrected chi connectivity index (χ4v) is 0.631. The fourth-order valence-electron chi connectivity index (χ4n) is 0.631. The number of nitrogen functional groups attached to an aromatic ring is 1. The molecular formula is C5H8N6O2. The van der Waals surface area contributed by atoms with E-state index in [1.165, 1.54) is 0 Å². The zero-order valence-electron chi connectivity index (χ0n) is 6.50. The summed E-state index contributed by atoms with van der Waals surface area (Å²) in [5, 5.41) is 0. The summed E-state index contributed by atoms with van der Waals surface area (Å²) in [7, 11) is 0. The lowest BCUT2D eigenvalue weighted by atomic mass is 10.5. The Morgan fingerprint density at radius 1 is 1.62 bits per heavy atom. The van der Waals surface area contributed by atoms with Crippen molar-refractivity contribution < 1.29 is 4.79 Å². The molecule has 2 amide bonds. The first kappa shape index (κ1) is 8.84. The SMILES string of the molecule is NC(=O)NNc1nc[nH]c(=O)c1N. The van der Waals surface area contributed by atoms with Crippen molar-refractivity contribution in [3.8, 4) is 0 Å². The van der Waals surface area contributed by atoms with Crippen LogP contribution < -0.4 is 27.9 Å². The molecule has 8 nitrogen and oxygen atoms in total. The van der Waals surface area contributed by atoms with E-state index in [4.69, 9.17) is 11.5 Å². The molecule has 0 saturated heterocycles. The first-order chi connectivity index (χ1) is 6.11. The normalized spacial score (nSPS) is 9.23. The monoisotopic (exact) mass is 184 g/mol. The number of hydrogen-bond donors (Lipinski definition) is 5. The minimum Gasteiger partial charge on any atom is -0.391 e. The molecule has 0 aliphatic carbocycles. The van der Waals surface area contributed by atoms with Crippen LogP contribution in [-0.4, -0.2) is 16.0 Å². The summed E-state index contributed by atoms with van der Waals surface area (Å²) in [5.41, 5.74) is 13.7. The van der Waals surface area contributed by atoms with Crippen molar-refractivity contribution in [3.05, 3.63) is 16.7 Å². The van der Waals surface area contributed by atoms with Gasteiger partial charge in [0.1, 0.15) is 5.69 Å². The van der Waals surface area contributed by atoms with Crippen LogP contribution in [0.3, 0.4) is 0 Å². The zero-order chi connectivity index (χ0) is 9.84. The maximum Gasteiger partial charge on any atom is 0.330 e. The molecule has 0 atom stereocenters. The van der Waals surface area contributed by atoms with Crippen molar-refractivity contribution in [2.45, 2.75) is 0 Å². The highest BCUT2D eigenvalue weighted by Crippen LogP contribution is 2.04. The van der Waals surface area contributed by atoms with Crippen molar-refractivity contribution in [2.75, 3.05) is 11.2 Å². The average Bonchev–Trinajstić information content (AvgIpc) is 2.07. The number of hydrogen-bond acceptors (Lipinski definition) is 5. The second kappa shape index (κ2) is 3.43. The third kappa shape index (κ3) is 2.09. The number of nitrogens with one attached hydrogen (secondary N) is 3. The molecule has 0 spiro atoms. The van der Waals surface area contributed by atoms with Gasteiger partial charge in [-0.3, -0.25) is 15.6 Å². The van der Waals surface area contributed by atoms with E-state index in [9.17, 15) is 9.59 Å². The molecule has 1 aromatic rings. The minimum atomic E-state index is -0.804. The highest BCUT2D eigenvalue weighted by Gasteiger charge is 2.03. The lowest BCUT2D eigenvalue weighted by Crippen LogP contribution is -2.35. The molecule has 70 valence electrons. The molecule has 0 radical (unpaired) electrons. The van der Waals surface area contributed by atoms with Crippen molar-refractivity contribution in [3.63, 3.8) is 0 Å². The quantitative estimate of drug-likeness (QED) is 0.350. The van der Waals surface area contributed by atoms with Crippen molar-refractivity contribution in [1.29, 1.82) is 0 Å². The number of H-pyrrole nitrogens is 1. The predicted molar refractivity (Wildman–Crippen MR) is 45.6 cm³/mol. The molecule has 7 N–H and O–H groups in total. The number of aromatic amines is 1. The van der Waals surface area contributed by atoms with E-state index in [-0.39, 0.29) is 11.5 Å². The Hall–Kier alpha value is -2.25. The lowest BCUT2D eigenvalue weighted by molar-refractivity contribution is 0.250. The minimum absolute atomic E-state index is 0.0440. The molecule has 1 heterocycles. The highest BCUT2D eigenvalue weighted by molar-refractivity contribution is 5.74. The summed E-state index contributed by atoms with van der Waals surface area (Å²) in [6.07, 6.45) is 1.14. The van der Waals surface area contributed by atoms with E-state index in [1.807, 2.05) is 5.43 Å². The lowest BCUT2D eigenvalue weighted by Gasteiger charge is -2.05. The van der Waals surface area contributed by atoms with Crippen molar-refractivity contribution in [1.82, 2.24) is 15.4 Å². The average molecular weight is 184 g/mol. The second-order valence-electron chi connectivity index (χ2n) is 2.11. The van der Waals surface area contributed by atoms with E-state index in [1.54, 1.807) is 0 Å². The number of amides is 2. The summed E-state index contributed by atoms with van der Waals surface area (Å²) in [5.74, 6) is 0.0440. The summed E-state index contributed by atoms with van der Waals surface area (Å²) in [6.45, 7) is 0. The van der Waals surface area contributed by atoms with Gasteiger partial charge in [0.15, 0.2) is 5.82 Å². The number of carbonyl (C=O) groups excluding carboxylic acids is 1.